The zero-order valence-corrected chi connectivity index (χ0v) is 14.7. The molecule has 0 heterocycles. The van der Waals surface area contributed by atoms with Crippen LogP contribution in [-0.2, 0) is 4.74 Å². The van der Waals surface area contributed by atoms with E-state index in [-0.39, 0.29) is 0 Å². The first kappa shape index (κ1) is 19.3. The first-order chi connectivity index (χ1) is 11.4. The summed E-state index contributed by atoms with van der Waals surface area (Å²) in [5.74, 6) is 1.42. The topological polar surface area (TPSA) is 9.23 Å². The minimum absolute atomic E-state index is 0.556. The van der Waals surface area contributed by atoms with Crippen LogP contribution < -0.4 is 0 Å². The van der Waals surface area contributed by atoms with Crippen LogP contribution in [0.25, 0.3) is 0 Å². The third-order valence-electron chi connectivity index (χ3n) is 5.25. The molecule has 0 radical (unpaired) electrons. The highest BCUT2D eigenvalue weighted by molar-refractivity contribution is 5.27. The molecule has 0 aromatic heterocycles. The lowest BCUT2D eigenvalue weighted by atomic mass is 9.77. The van der Waals surface area contributed by atoms with Crippen LogP contribution in [0.5, 0.6) is 0 Å². The third-order valence-corrected chi connectivity index (χ3v) is 5.25. The number of hydrogen-bond acceptors (Lipinski definition) is 1. The van der Waals surface area contributed by atoms with Crippen molar-refractivity contribution < 1.29 is 17.9 Å². The fourth-order valence-electron chi connectivity index (χ4n) is 3.78. The minimum atomic E-state index is -4.59. The van der Waals surface area contributed by atoms with E-state index >= 15 is 0 Å². The van der Waals surface area contributed by atoms with E-state index in [2.05, 4.69) is 11.7 Å². The van der Waals surface area contributed by atoms with Gasteiger partial charge >= 0.3 is 6.36 Å². The van der Waals surface area contributed by atoms with Gasteiger partial charge in [0.15, 0.2) is 0 Å². The van der Waals surface area contributed by atoms with Crippen molar-refractivity contribution >= 4 is 0 Å². The second-order valence-electron chi connectivity index (χ2n) is 7.09. The van der Waals surface area contributed by atoms with Gasteiger partial charge in [-0.3, -0.25) is 4.74 Å². The van der Waals surface area contributed by atoms with Gasteiger partial charge in [-0.2, -0.15) is 0 Å². The van der Waals surface area contributed by atoms with Crippen LogP contribution in [0.2, 0.25) is 0 Å². The van der Waals surface area contributed by atoms with Crippen molar-refractivity contribution in [2.24, 2.45) is 5.92 Å². The Morgan fingerprint density at radius 2 is 1.67 bits per heavy atom. The first-order valence-electron chi connectivity index (χ1n) is 9.23. The smallest absolute Gasteiger partial charge is 0.284 e. The molecule has 1 nitrogen and oxygen atoms in total. The Hall–Kier alpha value is -1.03. The normalized spacial score (nSPS) is 23.2. The van der Waals surface area contributed by atoms with E-state index in [0.29, 0.717) is 11.5 Å². The zero-order chi connectivity index (χ0) is 17.6. The number of rotatable bonds is 7. The summed E-state index contributed by atoms with van der Waals surface area (Å²) in [7, 11) is 0. The minimum Gasteiger partial charge on any atom is -0.284 e. The number of benzene rings is 1. The molecule has 0 N–H and O–H groups in total. The first-order valence-corrected chi connectivity index (χ1v) is 9.23. The maximum absolute atomic E-state index is 12.3. The number of ether oxygens (including phenoxy) is 1. The Bertz CT molecular complexity index is 473. The number of alkyl halides is 3. The molecule has 1 saturated carbocycles. The third kappa shape index (κ3) is 6.12. The van der Waals surface area contributed by atoms with Crippen LogP contribution in [0.15, 0.2) is 24.3 Å². The fraction of sp³-hybridized carbons (Fsp3) is 0.700. The lowest BCUT2D eigenvalue weighted by molar-refractivity contribution is -0.342. The predicted molar refractivity (Wildman–Crippen MR) is 90.8 cm³/mol. The van der Waals surface area contributed by atoms with Gasteiger partial charge < -0.3 is 0 Å². The van der Waals surface area contributed by atoms with Gasteiger partial charge in [-0.25, -0.2) is 0 Å². The van der Waals surface area contributed by atoms with Crippen molar-refractivity contribution in [3.8, 4) is 0 Å². The molecule has 136 valence electrons. The molecule has 0 aliphatic heterocycles. The summed E-state index contributed by atoms with van der Waals surface area (Å²) in [5.41, 5.74) is 1.83. The zero-order valence-electron chi connectivity index (χ0n) is 14.7. The van der Waals surface area contributed by atoms with Crippen molar-refractivity contribution in [2.75, 3.05) is 0 Å². The van der Waals surface area contributed by atoms with Crippen LogP contribution >= 0.6 is 0 Å². The Morgan fingerprint density at radius 3 is 2.21 bits per heavy atom. The molecule has 24 heavy (non-hydrogen) atoms. The average Bonchev–Trinajstić information content (AvgIpc) is 2.54. The molecule has 0 spiro atoms. The lowest BCUT2D eigenvalue weighted by Crippen LogP contribution is -2.16. The van der Waals surface area contributed by atoms with E-state index in [1.807, 2.05) is 12.1 Å². The molecule has 0 amide bonds. The Kier molecular flexibility index (Phi) is 7.15. The molecular weight excluding hydrogens is 313 g/mol. The van der Waals surface area contributed by atoms with Gasteiger partial charge in [0.05, 0.1) is 6.10 Å². The SMILES string of the molecule is CCCCCC1CCC(c2ccc(C(C)OC(F)(F)F)cc2)CC1. The lowest BCUT2D eigenvalue weighted by Gasteiger charge is -2.29. The van der Waals surface area contributed by atoms with Crippen LogP contribution in [0.1, 0.15) is 88.4 Å². The van der Waals surface area contributed by atoms with Gasteiger partial charge in [0.1, 0.15) is 0 Å². The molecule has 2 rings (SSSR count). The van der Waals surface area contributed by atoms with E-state index in [1.54, 1.807) is 12.1 Å². The molecule has 1 aliphatic rings. The summed E-state index contributed by atoms with van der Waals surface area (Å²) in [5, 5.41) is 0. The van der Waals surface area contributed by atoms with Gasteiger partial charge in [-0.05, 0) is 55.6 Å². The van der Waals surface area contributed by atoms with Crippen LogP contribution in [0.4, 0.5) is 13.2 Å². The molecule has 1 unspecified atom stereocenters. The highest BCUT2D eigenvalue weighted by atomic mass is 19.4. The number of hydrogen-bond donors (Lipinski definition) is 0. The monoisotopic (exact) mass is 342 g/mol. The molecule has 0 saturated heterocycles. The highest BCUT2D eigenvalue weighted by Crippen LogP contribution is 2.38. The maximum Gasteiger partial charge on any atom is 0.523 e. The maximum atomic E-state index is 12.3. The molecule has 0 bridgehead atoms. The Balaban J connectivity index is 1.84. The molecular formula is C20H29F3O. The average molecular weight is 342 g/mol. The number of halogens is 3. The molecule has 1 aromatic rings. The van der Waals surface area contributed by atoms with E-state index in [0.717, 1.165) is 5.92 Å². The highest BCUT2D eigenvalue weighted by Gasteiger charge is 2.32. The van der Waals surface area contributed by atoms with Crippen molar-refractivity contribution in [2.45, 2.75) is 83.6 Å². The summed E-state index contributed by atoms with van der Waals surface area (Å²) >= 11 is 0. The molecule has 1 atom stereocenters. The largest absolute Gasteiger partial charge is 0.523 e. The van der Waals surface area contributed by atoms with Gasteiger partial charge in [-0.15, -0.1) is 13.2 Å². The van der Waals surface area contributed by atoms with E-state index in [1.165, 1.54) is 63.9 Å². The molecule has 1 aromatic carbocycles. The van der Waals surface area contributed by atoms with E-state index in [9.17, 15) is 13.2 Å². The van der Waals surface area contributed by atoms with Crippen molar-refractivity contribution in [3.63, 3.8) is 0 Å². The summed E-state index contributed by atoms with van der Waals surface area (Å²) < 4.78 is 40.9. The van der Waals surface area contributed by atoms with Crippen molar-refractivity contribution in [1.29, 1.82) is 0 Å². The van der Waals surface area contributed by atoms with Crippen molar-refractivity contribution in [1.82, 2.24) is 0 Å². The Labute approximate surface area is 143 Å². The quantitative estimate of drug-likeness (QED) is 0.479. The second kappa shape index (κ2) is 8.89. The fourth-order valence-corrected chi connectivity index (χ4v) is 3.78. The van der Waals surface area contributed by atoms with Gasteiger partial charge in [0.2, 0.25) is 0 Å². The summed E-state index contributed by atoms with van der Waals surface area (Å²) in [6.07, 6.45) is 4.71. The number of unbranched alkanes of at least 4 members (excludes halogenated alkanes) is 2. The van der Waals surface area contributed by atoms with Gasteiger partial charge in [-0.1, -0.05) is 56.9 Å². The summed E-state index contributed by atoms with van der Waals surface area (Å²) in [6.45, 7) is 3.67. The van der Waals surface area contributed by atoms with E-state index in [4.69, 9.17) is 0 Å². The molecule has 1 aliphatic carbocycles. The van der Waals surface area contributed by atoms with Gasteiger partial charge in [0.25, 0.3) is 0 Å². The van der Waals surface area contributed by atoms with Crippen LogP contribution in [0, 0.1) is 5.92 Å². The molecule has 4 heteroatoms. The van der Waals surface area contributed by atoms with Crippen LogP contribution in [0.3, 0.4) is 0 Å². The molecule has 1 fully saturated rings. The summed E-state index contributed by atoms with van der Waals surface area (Å²) in [4.78, 5) is 0. The summed E-state index contributed by atoms with van der Waals surface area (Å²) in [6, 6.07) is 7.51. The van der Waals surface area contributed by atoms with Crippen LogP contribution in [-0.4, -0.2) is 6.36 Å². The van der Waals surface area contributed by atoms with Gasteiger partial charge in [0, 0.05) is 0 Å². The van der Waals surface area contributed by atoms with E-state index < -0.39 is 12.5 Å². The van der Waals surface area contributed by atoms with Crippen molar-refractivity contribution in [3.05, 3.63) is 35.4 Å². The predicted octanol–water partition coefficient (Wildman–Crippen LogP) is 7.14. The Morgan fingerprint density at radius 1 is 1.04 bits per heavy atom. The second-order valence-corrected chi connectivity index (χ2v) is 7.09. The standard InChI is InChI=1S/C20H29F3O/c1-3-4-5-6-16-7-9-18(10-8-16)19-13-11-17(12-14-19)15(2)24-20(21,22)23/h11-16,18H,3-10H2,1-2H3.